The second-order valence-electron chi connectivity index (χ2n) is 5.03. The Kier molecular flexibility index (Phi) is 4.47. The van der Waals surface area contributed by atoms with Crippen molar-refractivity contribution >= 4 is 8.07 Å². The molecular weight excluding hydrogens is 216 g/mol. The van der Waals surface area contributed by atoms with Crippen molar-refractivity contribution in [2.45, 2.75) is 32.4 Å². The van der Waals surface area contributed by atoms with E-state index in [2.05, 4.69) is 25.3 Å². The van der Waals surface area contributed by atoms with Crippen molar-refractivity contribution in [2.75, 3.05) is 0 Å². The van der Waals surface area contributed by atoms with Crippen LogP contribution in [0.2, 0.25) is 19.6 Å². The SMILES string of the molecule is C[Si](C)(C)/C=C/C(O)c1ccccc1CO. The zero-order chi connectivity index (χ0) is 12.2. The maximum Gasteiger partial charge on any atom is 0.0971 e. The first kappa shape index (κ1) is 13.2. The van der Waals surface area contributed by atoms with E-state index in [0.717, 1.165) is 11.1 Å². The summed E-state index contributed by atoms with van der Waals surface area (Å²) in [5.41, 5.74) is 3.70. The molecule has 0 saturated heterocycles. The van der Waals surface area contributed by atoms with Crippen molar-refractivity contribution in [1.29, 1.82) is 0 Å². The number of aliphatic hydroxyl groups is 2. The molecule has 0 radical (unpaired) electrons. The standard InChI is InChI=1S/C13H20O2Si/c1-16(2,3)9-8-13(15)12-7-5-4-6-11(12)10-14/h4-9,13-15H,10H2,1-3H3/b9-8+. The molecule has 0 aromatic heterocycles. The molecule has 0 amide bonds. The normalized spacial score (nSPS) is 14.3. The molecule has 0 spiro atoms. The quantitative estimate of drug-likeness (QED) is 0.789. The Balaban J connectivity index is 2.88. The van der Waals surface area contributed by atoms with E-state index in [9.17, 15) is 5.11 Å². The van der Waals surface area contributed by atoms with Gasteiger partial charge in [-0.3, -0.25) is 0 Å². The van der Waals surface area contributed by atoms with E-state index in [1.54, 1.807) is 0 Å². The van der Waals surface area contributed by atoms with Crippen molar-refractivity contribution in [3.63, 3.8) is 0 Å². The molecule has 1 unspecified atom stereocenters. The lowest BCUT2D eigenvalue weighted by Gasteiger charge is -2.13. The van der Waals surface area contributed by atoms with Crippen LogP contribution in [0.4, 0.5) is 0 Å². The van der Waals surface area contributed by atoms with Gasteiger partial charge in [0.2, 0.25) is 0 Å². The van der Waals surface area contributed by atoms with Crippen LogP contribution in [0.25, 0.3) is 0 Å². The average Bonchev–Trinajstić information content (AvgIpc) is 2.25. The molecule has 88 valence electrons. The number of rotatable bonds is 4. The van der Waals surface area contributed by atoms with Gasteiger partial charge in [0.25, 0.3) is 0 Å². The van der Waals surface area contributed by atoms with Gasteiger partial charge in [0.1, 0.15) is 0 Å². The molecule has 1 aromatic rings. The second-order valence-corrected chi connectivity index (χ2v) is 10.1. The Hall–Kier alpha value is -0.903. The highest BCUT2D eigenvalue weighted by Gasteiger charge is 2.11. The molecule has 2 N–H and O–H groups in total. The molecule has 0 aliphatic carbocycles. The molecule has 0 bridgehead atoms. The molecule has 0 aliphatic heterocycles. The molecule has 0 fully saturated rings. The van der Waals surface area contributed by atoms with Gasteiger partial charge >= 0.3 is 0 Å². The molecule has 16 heavy (non-hydrogen) atoms. The summed E-state index contributed by atoms with van der Waals surface area (Å²) in [4.78, 5) is 0. The van der Waals surface area contributed by atoms with Crippen molar-refractivity contribution in [3.8, 4) is 0 Å². The first-order valence-electron chi connectivity index (χ1n) is 5.50. The van der Waals surface area contributed by atoms with Gasteiger partial charge in [-0.2, -0.15) is 0 Å². The third-order valence-corrected chi connectivity index (χ3v) is 3.52. The summed E-state index contributed by atoms with van der Waals surface area (Å²) < 4.78 is 0. The van der Waals surface area contributed by atoms with E-state index in [-0.39, 0.29) is 6.61 Å². The average molecular weight is 236 g/mol. The van der Waals surface area contributed by atoms with E-state index in [0.29, 0.717) is 0 Å². The predicted octanol–water partition coefficient (Wildman–Crippen LogP) is 2.65. The van der Waals surface area contributed by atoms with Gasteiger partial charge in [-0.25, -0.2) is 0 Å². The van der Waals surface area contributed by atoms with Crippen LogP contribution in [0, 0.1) is 0 Å². The highest BCUT2D eigenvalue weighted by Crippen LogP contribution is 2.20. The molecule has 1 rings (SSSR count). The fraction of sp³-hybridized carbons (Fsp3) is 0.385. The van der Waals surface area contributed by atoms with Gasteiger partial charge in [0.15, 0.2) is 0 Å². The Morgan fingerprint density at radius 3 is 2.44 bits per heavy atom. The molecule has 3 heteroatoms. The number of hydrogen-bond donors (Lipinski definition) is 2. The summed E-state index contributed by atoms with van der Waals surface area (Å²) in [5.74, 6) is 0. The zero-order valence-corrected chi connectivity index (χ0v) is 11.1. The van der Waals surface area contributed by atoms with Gasteiger partial charge in [0, 0.05) is 0 Å². The van der Waals surface area contributed by atoms with Crippen LogP contribution in [0.5, 0.6) is 0 Å². The summed E-state index contributed by atoms with van der Waals surface area (Å²) in [6, 6.07) is 7.43. The van der Waals surface area contributed by atoms with Crippen molar-refractivity contribution in [2.24, 2.45) is 0 Å². The van der Waals surface area contributed by atoms with Gasteiger partial charge in [-0.15, -0.1) is 0 Å². The van der Waals surface area contributed by atoms with E-state index in [4.69, 9.17) is 5.11 Å². The zero-order valence-electron chi connectivity index (χ0n) is 10.1. The Labute approximate surface area is 98.3 Å². The Morgan fingerprint density at radius 2 is 1.88 bits per heavy atom. The lowest BCUT2D eigenvalue weighted by atomic mass is 10.0. The van der Waals surface area contributed by atoms with E-state index < -0.39 is 14.2 Å². The molecular formula is C13H20O2Si. The molecule has 0 aliphatic rings. The first-order chi connectivity index (χ1) is 7.44. The van der Waals surface area contributed by atoms with Gasteiger partial charge in [-0.1, -0.05) is 55.7 Å². The predicted molar refractivity (Wildman–Crippen MR) is 69.8 cm³/mol. The Morgan fingerprint density at radius 1 is 1.25 bits per heavy atom. The smallest absolute Gasteiger partial charge is 0.0971 e. The molecule has 1 aromatic carbocycles. The monoisotopic (exact) mass is 236 g/mol. The fourth-order valence-corrected chi connectivity index (χ4v) is 2.21. The maximum atomic E-state index is 10.0. The minimum atomic E-state index is -1.28. The third-order valence-electron chi connectivity index (χ3n) is 2.32. The van der Waals surface area contributed by atoms with E-state index in [1.165, 1.54) is 0 Å². The van der Waals surface area contributed by atoms with Crippen LogP contribution < -0.4 is 0 Å². The fourth-order valence-electron chi connectivity index (χ4n) is 1.45. The van der Waals surface area contributed by atoms with Gasteiger partial charge < -0.3 is 10.2 Å². The summed E-state index contributed by atoms with van der Waals surface area (Å²) in [5, 5.41) is 19.2. The van der Waals surface area contributed by atoms with Crippen LogP contribution in [0.15, 0.2) is 36.0 Å². The summed E-state index contributed by atoms with van der Waals surface area (Å²) in [7, 11) is -1.28. The summed E-state index contributed by atoms with van der Waals surface area (Å²) in [6.45, 7) is 6.62. The van der Waals surface area contributed by atoms with Crippen LogP contribution in [0.3, 0.4) is 0 Å². The topological polar surface area (TPSA) is 40.5 Å². The lowest BCUT2D eigenvalue weighted by molar-refractivity contribution is 0.220. The largest absolute Gasteiger partial charge is 0.392 e. The van der Waals surface area contributed by atoms with Crippen LogP contribution in [-0.4, -0.2) is 18.3 Å². The van der Waals surface area contributed by atoms with Gasteiger partial charge in [0.05, 0.1) is 20.8 Å². The van der Waals surface area contributed by atoms with E-state index in [1.807, 2.05) is 30.3 Å². The van der Waals surface area contributed by atoms with Crippen molar-refractivity contribution in [3.05, 3.63) is 47.2 Å². The second kappa shape index (κ2) is 5.43. The lowest BCUT2D eigenvalue weighted by Crippen LogP contribution is -2.16. The van der Waals surface area contributed by atoms with Crippen molar-refractivity contribution < 1.29 is 10.2 Å². The molecule has 0 saturated carbocycles. The molecule has 0 heterocycles. The van der Waals surface area contributed by atoms with Crippen molar-refractivity contribution in [1.82, 2.24) is 0 Å². The molecule has 1 atom stereocenters. The van der Waals surface area contributed by atoms with Crippen LogP contribution in [0.1, 0.15) is 17.2 Å². The minimum absolute atomic E-state index is 0.0337. The highest BCUT2D eigenvalue weighted by molar-refractivity contribution is 6.80. The van der Waals surface area contributed by atoms with Crippen LogP contribution in [-0.2, 0) is 6.61 Å². The summed E-state index contributed by atoms with van der Waals surface area (Å²) >= 11 is 0. The first-order valence-corrected chi connectivity index (χ1v) is 9.08. The Bertz CT molecular complexity index is 366. The number of benzene rings is 1. The van der Waals surface area contributed by atoms with Gasteiger partial charge in [-0.05, 0) is 11.1 Å². The maximum absolute atomic E-state index is 10.0. The summed E-state index contributed by atoms with van der Waals surface area (Å²) in [6.07, 6.45) is 1.22. The van der Waals surface area contributed by atoms with E-state index >= 15 is 0 Å². The number of aliphatic hydroxyl groups excluding tert-OH is 2. The molecule has 2 nitrogen and oxygen atoms in total. The minimum Gasteiger partial charge on any atom is -0.392 e. The van der Waals surface area contributed by atoms with Crippen LogP contribution >= 0.6 is 0 Å². The highest BCUT2D eigenvalue weighted by atomic mass is 28.3. The third kappa shape index (κ3) is 3.93. The number of hydrogen-bond acceptors (Lipinski definition) is 2.